The zero-order valence-electron chi connectivity index (χ0n) is 11.4. The maximum Gasteiger partial charge on any atom is 0.107 e. The summed E-state index contributed by atoms with van der Waals surface area (Å²) in [5.41, 5.74) is 1.77. The van der Waals surface area contributed by atoms with Crippen molar-refractivity contribution in [1.29, 1.82) is 0 Å². The van der Waals surface area contributed by atoms with E-state index in [0.717, 1.165) is 18.8 Å². The number of imidazole rings is 1. The Kier molecular flexibility index (Phi) is 3.38. The second-order valence-corrected chi connectivity index (χ2v) is 5.37. The number of H-pyrrole nitrogens is 1. The molecule has 1 fully saturated rings. The normalized spacial score (nSPS) is 18.2. The van der Waals surface area contributed by atoms with Gasteiger partial charge in [-0.2, -0.15) is 0 Å². The van der Waals surface area contributed by atoms with Gasteiger partial charge in [0.1, 0.15) is 5.82 Å². The first-order valence-corrected chi connectivity index (χ1v) is 7.12. The van der Waals surface area contributed by atoms with E-state index in [2.05, 4.69) is 52.5 Å². The predicted molar refractivity (Wildman–Crippen MR) is 77.1 cm³/mol. The van der Waals surface area contributed by atoms with Crippen LogP contribution in [0.25, 0.3) is 0 Å². The Morgan fingerprint density at radius 3 is 2.68 bits per heavy atom. The van der Waals surface area contributed by atoms with Gasteiger partial charge in [0.25, 0.3) is 0 Å². The number of benzene rings is 1. The molecule has 1 heterocycles. The maximum atomic E-state index is 4.38. The minimum absolute atomic E-state index is 0.310. The molecule has 3 heteroatoms. The van der Waals surface area contributed by atoms with Crippen LogP contribution in [0.2, 0.25) is 0 Å². The molecule has 1 aliphatic carbocycles. The summed E-state index contributed by atoms with van der Waals surface area (Å²) in [5.74, 6) is 1.08. The summed E-state index contributed by atoms with van der Waals surface area (Å²) in [6, 6.07) is 11.4. The highest BCUT2D eigenvalue weighted by Crippen LogP contribution is 2.51. The van der Waals surface area contributed by atoms with Gasteiger partial charge in [-0.1, -0.05) is 37.3 Å². The molecule has 2 aromatic rings. The largest absolute Gasteiger partial charge is 0.349 e. The van der Waals surface area contributed by atoms with Crippen molar-refractivity contribution in [2.75, 3.05) is 6.54 Å². The van der Waals surface area contributed by atoms with Crippen molar-refractivity contribution < 1.29 is 0 Å². The van der Waals surface area contributed by atoms with Gasteiger partial charge in [-0.3, -0.25) is 0 Å². The molecule has 19 heavy (non-hydrogen) atoms. The second-order valence-electron chi connectivity index (χ2n) is 5.37. The molecule has 1 saturated carbocycles. The third-order valence-electron chi connectivity index (χ3n) is 4.21. The van der Waals surface area contributed by atoms with Crippen molar-refractivity contribution in [3.63, 3.8) is 0 Å². The molecule has 2 N–H and O–H groups in total. The first-order chi connectivity index (χ1) is 9.35. The molecule has 1 aromatic carbocycles. The highest BCUT2D eigenvalue weighted by molar-refractivity contribution is 5.34. The lowest BCUT2D eigenvalue weighted by Gasteiger charge is -2.28. The Bertz CT molecular complexity index is 500. The van der Waals surface area contributed by atoms with E-state index in [1.807, 2.05) is 12.4 Å². The Morgan fingerprint density at radius 1 is 1.32 bits per heavy atom. The van der Waals surface area contributed by atoms with Crippen molar-refractivity contribution in [1.82, 2.24) is 15.3 Å². The van der Waals surface area contributed by atoms with Crippen LogP contribution in [0.5, 0.6) is 0 Å². The van der Waals surface area contributed by atoms with Gasteiger partial charge in [0.05, 0.1) is 0 Å². The van der Waals surface area contributed by atoms with E-state index in [4.69, 9.17) is 0 Å². The number of rotatable bonds is 6. The average Bonchev–Trinajstić information content (AvgIpc) is 3.11. The Morgan fingerprint density at radius 2 is 2.11 bits per heavy atom. The van der Waals surface area contributed by atoms with Gasteiger partial charge < -0.3 is 10.3 Å². The van der Waals surface area contributed by atoms with E-state index in [1.165, 1.54) is 18.4 Å². The fourth-order valence-corrected chi connectivity index (χ4v) is 3.06. The molecule has 0 saturated heterocycles. The van der Waals surface area contributed by atoms with E-state index < -0.39 is 0 Å². The van der Waals surface area contributed by atoms with Crippen LogP contribution in [0, 0.1) is 0 Å². The number of hydrogen-bond acceptors (Lipinski definition) is 2. The summed E-state index contributed by atoms with van der Waals surface area (Å²) in [7, 11) is 0. The third-order valence-corrected chi connectivity index (χ3v) is 4.21. The maximum absolute atomic E-state index is 4.38. The molecule has 1 unspecified atom stereocenters. The topological polar surface area (TPSA) is 40.7 Å². The van der Waals surface area contributed by atoms with E-state index in [1.54, 1.807) is 0 Å². The number of aromatic nitrogens is 2. The average molecular weight is 255 g/mol. The number of nitrogens with zero attached hydrogens (tertiary/aromatic N) is 1. The van der Waals surface area contributed by atoms with Crippen molar-refractivity contribution in [3.05, 3.63) is 54.1 Å². The summed E-state index contributed by atoms with van der Waals surface area (Å²) in [4.78, 5) is 7.60. The standard InChI is InChI=1S/C16H21N3/c1-2-17-14(12-15-18-10-11-19-15)16(8-9-16)13-6-4-3-5-7-13/h3-7,10-11,14,17H,2,8-9,12H2,1H3,(H,18,19). The monoisotopic (exact) mass is 255 g/mol. The summed E-state index contributed by atoms with van der Waals surface area (Å²) >= 11 is 0. The van der Waals surface area contributed by atoms with Crippen LogP contribution in [-0.4, -0.2) is 22.6 Å². The van der Waals surface area contributed by atoms with Gasteiger partial charge in [-0.25, -0.2) is 4.98 Å². The fraction of sp³-hybridized carbons (Fsp3) is 0.438. The zero-order valence-corrected chi connectivity index (χ0v) is 11.4. The molecule has 0 amide bonds. The minimum Gasteiger partial charge on any atom is -0.349 e. The molecule has 0 bridgehead atoms. The minimum atomic E-state index is 0.310. The molecule has 1 aliphatic rings. The summed E-state index contributed by atoms with van der Waals surface area (Å²) in [6.45, 7) is 3.18. The van der Waals surface area contributed by atoms with Gasteiger partial charge in [0.2, 0.25) is 0 Å². The van der Waals surface area contributed by atoms with E-state index in [0.29, 0.717) is 11.5 Å². The van der Waals surface area contributed by atoms with Crippen LogP contribution in [0.3, 0.4) is 0 Å². The number of aromatic amines is 1. The lowest BCUT2D eigenvalue weighted by Crippen LogP contribution is -2.42. The molecular weight excluding hydrogens is 234 g/mol. The van der Waals surface area contributed by atoms with Crippen LogP contribution in [0.15, 0.2) is 42.7 Å². The molecule has 0 radical (unpaired) electrons. The number of hydrogen-bond donors (Lipinski definition) is 2. The van der Waals surface area contributed by atoms with Crippen LogP contribution in [-0.2, 0) is 11.8 Å². The summed E-state index contributed by atoms with van der Waals surface area (Å²) in [5, 5.41) is 3.66. The van der Waals surface area contributed by atoms with Crippen molar-refractivity contribution in [2.24, 2.45) is 0 Å². The van der Waals surface area contributed by atoms with Crippen LogP contribution >= 0.6 is 0 Å². The molecule has 3 rings (SSSR count). The highest BCUT2D eigenvalue weighted by atomic mass is 15.0. The van der Waals surface area contributed by atoms with Gasteiger partial charge in [0.15, 0.2) is 0 Å². The van der Waals surface area contributed by atoms with Gasteiger partial charge >= 0.3 is 0 Å². The zero-order chi connectivity index (χ0) is 13.1. The number of nitrogens with one attached hydrogen (secondary N) is 2. The molecule has 0 spiro atoms. The van der Waals surface area contributed by atoms with Gasteiger partial charge in [0, 0.05) is 30.3 Å². The number of likely N-dealkylation sites (N-methyl/N-ethyl adjacent to an activating group) is 1. The van der Waals surface area contributed by atoms with Gasteiger partial charge in [-0.15, -0.1) is 0 Å². The lowest BCUT2D eigenvalue weighted by molar-refractivity contribution is 0.415. The highest BCUT2D eigenvalue weighted by Gasteiger charge is 2.50. The molecule has 3 nitrogen and oxygen atoms in total. The molecule has 100 valence electrons. The van der Waals surface area contributed by atoms with Crippen LogP contribution < -0.4 is 5.32 Å². The lowest BCUT2D eigenvalue weighted by atomic mass is 9.86. The van der Waals surface area contributed by atoms with Gasteiger partial charge in [-0.05, 0) is 24.9 Å². The smallest absolute Gasteiger partial charge is 0.107 e. The first kappa shape index (κ1) is 12.4. The van der Waals surface area contributed by atoms with E-state index in [9.17, 15) is 0 Å². The first-order valence-electron chi connectivity index (χ1n) is 7.12. The van der Waals surface area contributed by atoms with E-state index in [-0.39, 0.29) is 0 Å². The predicted octanol–water partition coefficient (Wildman–Crippen LogP) is 2.66. The Balaban J connectivity index is 1.83. The Labute approximate surface area is 114 Å². The molecule has 0 aliphatic heterocycles. The Hall–Kier alpha value is -1.61. The van der Waals surface area contributed by atoms with Crippen molar-refractivity contribution in [2.45, 2.75) is 37.6 Å². The second kappa shape index (κ2) is 5.17. The van der Waals surface area contributed by atoms with Crippen LogP contribution in [0.1, 0.15) is 31.2 Å². The van der Waals surface area contributed by atoms with Crippen molar-refractivity contribution >= 4 is 0 Å². The summed E-state index contributed by atoms with van der Waals surface area (Å²) < 4.78 is 0. The molecule has 1 aromatic heterocycles. The quantitative estimate of drug-likeness (QED) is 0.833. The summed E-state index contributed by atoms with van der Waals surface area (Å²) in [6.07, 6.45) is 7.25. The SMILES string of the molecule is CCNC(Cc1ncc[nH]1)C1(c2ccccc2)CC1. The third kappa shape index (κ3) is 2.43. The van der Waals surface area contributed by atoms with Crippen molar-refractivity contribution in [3.8, 4) is 0 Å². The molecule has 1 atom stereocenters. The van der Waals surface area contributed by atoms with Crippen LogP contribution in [0.4, 0.5) is 0 Å². The fourth-order valence-electron chi connectivity index (χ4n) is 3.06. The molecular formula is C16H21N3. The van der Waals surface area contributed by atoms with E-state index >= 15 is 0 Å².